The zero-order valence-corrected chi connectivity index (χ0v) is 6.43. The van der Waals surface area contributed by atoms with Crippen molar-refractivity contribution in [2.24, 2.45) is 4.99 Å². The largest absolute Gasteiger partial charge is 0.320 e. The average Bonchev–Trinajstić information content (AvgIpc) is 2.41. The predicted octanol–water partition coefficient (Wildman–Crippen LogP) is 1.34. The van der Waals surface area contributed by atoms with Crippen molar-refractivity contribution < 1.29 is 0 Å². The van der Waals surface area contributed by atoms with Gasteiger partial charge in [-0.2, -0.15) is 0 Å². The van der Waals surface area contributed by atoms with Crippen LogP contribution in [0.5, 0.6) is 0 Å². The Balaban J connectivity index is 2.08. The van der Waals surface area contributed by atoms with Crippen molar-refractivity contribution in [3.8, 4) is 0 Å². The molecule has 1 aliphatic rings. The third kappa shape index (κ3) is 2.31. The Morgan fingerprint density at radius 1 is 1.70 bits per heavy atom. The maximum absolute atomic E-state index is 4.22. The molecule has 0 aromatic heterocycles. The minimum atomic E-state index is 1.04. The van der Waals surface area contributed by atoms with Crippen molar-refractivity contribution in [2.45, 2.75) is 19.3 Å². The second-order valence-corrected chi connectivity index (χ2v) is 2.45. The number of nitrogens with one attached hydrogen (secondary N) is 1. The molecule has 0 bridgehead atoms. The van der Waals surface area contributed by atoms with Gasteiger partial charge in [0.25, 0.3) is 0 Å². The number of allylic oxidation sites excluding steroid dienone is 2. The van der Waals surface area contributed by atoms with Gasteiger partial charge in [-0.25, -0.2) is 0 Å². The molecule has 2 nitrogen and oxygen atoms in total. The number of nitrogens with zero attached hydrogens (tertiary/aromatic N) is 1. The summed E-state index contributed by atoms with van der Waals surface area (Å²) in [5, 5.41) is 3.11. The molecule has 2 heteroatoms. The van der Waals surface area contributed by atoms with Gasteiger partial charge < -0.3 is 5.32 Å². The molecule has 0 fully saturated rings. The molecule has 0 saturated carbocycles. The van der Waals surface area contributed by atoms with Crippen molar-refractivity contribution in [1.29, 1.82) is 0 Å². The van der Waals surface area contributed by atoms with Crippen LogP contribution in [0.1, 0.15) is 19.3 Å². The SMILES string of the molecule is CNCCCC1=CCC=N1. The average molecular weight is 138 g/mol. The standard InChI is InChI=1S/C8H14N2/c1-9-6-2-4-8-5-3-7-10-8/h5,7,9H,2-4,6H2,1H3. The lowest BCUT2D eigenvalue weighted by atomic mass is 10.2. The van der Waals surface area contributed by atoms with Crippen LogP contribution in [0.3, 0.4) is 0 Å². The first-order valence-electron chi connectivity index (χ1n) is 3.79. The maximum Gasteiger partial charge on any atom is 0.0364 e. The van der Waals surface area contributed by atoms with E-state index in [2.05, 4.69) is 16.4 Å². The summed E-state index contributed by atoms with van der Waals surface area (Å²) in [5.41, 5.74) is 1.26. The molecule has 56 valence electrons. The molecule has 0 aromatic rings. The molecule has 1 rings (SSSR count). The Bertz CT molecular complexity index is 147. The summed E-state index contributed by atoms with van der Waals surface area (Å²) >= 11 is 0. The predicted molar refractivity (Wildman–Crippen MR) is 44.4 cm³/mol. The van der Waals surface area contributed by atoms with Gasteiger partial charge in [-0.3, -0.25) is 4.99 Å². The molecule has 1 heterocycles. The van der Waals surface area contributed by atoms with Gasteiger partial charge in [0.05, 0.1) is 0 Å². The molecule has 0 aliphatic carbocycles. The fraction of sp³-hybridized carbons (Fsp3) is 0.625. The number of hydrogen-bond acceptors (Lipinski definition) is 2. The first kappa shape index (κ1) is 7.48. The molecule has 0 spiro atoms. The van der Waals surface area contributed by atoms with Gasteiger partial charge in [-0.05, 0) is 26.4 Å². The summed E-state index contributed by atoms with van der Waals surface area (Å²) in [6.07, 6.45) is 7.51. The molecule has 0 unspecified atom stereocenters. The summed E-state index contributed by atoms with van der Waals surface area (Å²) in [6, 6.07) is 0. The topological polar surface area (TPSA) is 24.4 Å². The highest BCUT2D eigenvalue weighted by Gasteiger charge is 1.96. The Kier molecular flexibility index (Phi) is 3.16. The van der Waals surface area contributed by atoms with Crippen molar-refractivity contribution >= 4 is 6.21 Å². The fourth-order valence-electron chi connectivity index (χ4n) is 1.02. The summed E-state index contributed by atoms with van der Waals surface area (Å²) in [4.78, 5) is 4.22. The van der Waals surface area contributed by atoms with Crippen molar-refractivity contribution in [1.82, 2.24) is 5.32 Å². The highest BCUT2D eigenvalue weighted by Crippen LogP contribution is 2.10. The van der Waals surface area contributed by atoms with Crippen LogP contribution >= 0.6 is 0 Å². The lowest BCUT2D eigenvalue weighted by Gasteiger charge is -1.97. The van der Waals surface area contributed by atoms with Gasteiger partial charge in [0.2, 0.25) is 0 Å². The highest BCUT2D eigenvalue weighted by atomic mass is 14.8. The second kappa shape index (κ2) is 4.23. The van der Waals surface area contributed by atoms with Crippen LogP contribution in [-0.4, -0.2) is 19.8 Å². The molecule has 0 saturated heterocycles. The Hall–Kier alpha value is -0.630. The molecule has 0 atom stereocenters. The van der Waals surface area contributed by atoms with E-state index in [9.17, 15) is 0 Å². The lowest BCUT2D eigenvalue weighted by molar-refractivity contribution is 0.719. The van der Waals surface area contributed by atoms with Gasteiger partial charge in [0.1, 0.15) is 0 Å². The van der Waals surface area contributed by atoms with E-state index in [1.165, 1.54) is 12.1 Å². The molecular weight excluding hydrogens is 124 g/mol. The van der Waals surface area contributed by atoms with Gasteiger partial charge in [-0.1, -0.05) is 6.08 Å². The Labute approximate surface area is 62.0 Å². The molecular formula is C8H14N2. The van der Waals surface area contributed by atoms with Crippen LogP contribution < -0.4 is 5.32 Å². The third-order valence-corrected chi connectivity index (χ3v) is 1.58. The molecule has 0 aromatic carbocycles. The summed E-state index contributed by atoms with van der Waals surface area (Å²) in [7, 11) is 1.98. The monoisotopic (exact) mass is 138 g/mol. The minimum Gasteiger partial charge on any atom is -0.320 e. The van der Waals surface area contributed by atoms with Crippen LogP contribution in [0.25, 0.3) is 0 Å². The quantitative estimate of drug-likeness (QED) is 0.582. The fourth-order valence-corrected chi connectivity index (χ4v) is 1.02. The Morgan fingerprint density at radius 2 is 2.60 bits per heavy atom. The van der Waals surface area contributed by atoms with Crippen molar-refractivity contribution in [3.05, 3.63) is 11.8 Å². The number of hydrogen-bond donors (Lipinski definition) is 1. The van der Waals surface area contributed by atoms with Crippen molar-refractivity contribution in [3.63, 3.8) is 0 Å². The molecule has 0 amide bonds. The van der Waals surface area contributed by atoms with E-state index in [0.717, 1.165) is 19.4 Å². The lowest BCUT2D eigenvalue weighted by Crippen LogP contribution is -2.07. The Morgan fingerprint density at radius 3 is 3.20 bits per heavy atom. The first-order valence-corrected chi connectivity index (χ1v) is 3.79. The molecule has 1 N–H and O–H groups in total. The van der Waals surface area contributed by atoms with E-state index < -0.39 is 0 Å². The first-order chi connectivity index (χ1) is 4.93. The van der Waals surface area contributed by atoms with Crippen LogP contribution in [0.2, 0.25) is 0 Å². The molecule has 1 aliphatic heterocycles. The highest BCUT2D eigenvalue weighted by molar-refractivity contribution is 5.64. The van der Waals surface area contributed by atoms with E-state index in [4.69, 9.17) is 0 Å². The van der Waals surface area contributed by atoms with Crippen LogP contribution in [0, 0.1) is 0 Å². The summed E-state index contributed by atoms with van der Waals surface area (Å²) in [5.74, 6) is 0. The maximum atomic E-state index is 4.22. The van der Waals surface area contributed by atoms with E-state index in [1.54, 1.807) is 0 Å². The van der Waals surface area contributed by atoms with Crippen molar-refractivity contribution in [2.75, 3.05) is 13.6 Å². The van der Waals surface area contributed by atoms with Crippen LogP contribution in [0.4, 0.5) is 0 Å². The van der Waals surface area contributed by atoms with Gasteiger partial charge in [0, 0.05) is 18.3 Å². The van der Waals surface area contributed by atoms with Gasteiger partial charge in [-0.15, -0.1) is 0 Å². The zero-order chi connectivity index (χ0) is 7.23. The van der Waals surface area contributed by atoms with Gasteiger partial charge >= 0.3 is 0 Å². The number of aliphatic imine (C=N–C) groups is 1. The van der Waals surface area contributed by atoms with Crippen LogP contribution in [-0.2, 0) is 0 Å². The number of rotatable bonds is 4. The third-order valence-electron chi connectivity index (χ3n) is 1.58. The van der Waals surface area contributed by atoms with Gasteiger partial charge in [0.15, 0.2) is 0 Å². The normalized spacial score (nSPS) is 15.9. The summed E-state index contributed by atoms with van der Waals surface area (Å²) < 4.78 is 0. The van der Waals surface area contributed by atoms with Crippen LogP contribution in [0.15, 0.2) is 16.8 Å². The molecule has 0 radical (unpaired) electrons. The van der Waals surface area contributed by atoms with E-state index in [1.807, 2.05) is 13.3 Å². The van der Waals surface area contributed by atoms with E-state index in [0.29, 0.717) is 0 Å². The minimum absolute atomic E-state index is 1.04. The zero-order valence-electron chi connectivity index (χ0n) is 6.43. The van der Waals surface area contributed by atoms with E-state index in [-0.39, 0.29) is 0 Å². The second-order valence-electron chi connectivity index (χ2n) is 2.45. The summed E-state index contributed by atoms with van der Waals surface area (Å²) in [6.45, 7) is 1.09. The molecule has 10 heavy (non-hydrogen) atoms. The van der Waals surface area contributed by atoms with E-state index >= 15 is 0 Å². The smallest absolute Gasteiger partial charge is 0.0364 e.